The zero-order chi connectivity index (χ0) is 25.9. The molecule has 0 aliphatic carbocycles. The number of rotatable bonds is 8. The van der Waals surface area contributed by atoms with Gasteiger partial charge in [0.2, 0.25) is 0 Å². The molecule has 2 amide bonds. The minimum atomic E-state index is -0.624. The molecule has 3 rings (SSSR count). The second-order valence-electron chi connectivity index (χ2n) is 7.03. The van der Waals surface area contributed by atoms with E-state index in [-0.39, 0.29) is 11.4 Å². The Hall–Kier alpha value is -5.19. The molecular formula is C25H21N5O6. The van der Waals surface area contributed by atoms with Crippen molar-refractivity contribution in [2.75, 3.05) is 14.2 Å². The summed E-state index contributed by atoms with van der Waals surface area (Å²) in [6, 6.07) is 17.2. The molecule has 3 aromatic rings. The number of hydrogen-bond donors (Lipinski definition) is 2. The van der Waals surface area contributed by atoms with Gasteiger partial charge in [-0.25, -0.2) is 25.4 Å². The second-order valence-corrected chi connectivity index (χ2v) is 7.03. The number of methoxy groups -OCH3 is 2. The largest absolute Gasteiger partial charge is 0.465 e. The number of pyridine rings is 1. The summed E-state index contributed by atoms with van der Waals surface area (Å²) < 4.78 is 9.27. The van der Waals surface area contributed by atoms with Crippen LogP contribution < -0.4 is 10.9 Å². The fourth-order valence-electron chi connectivity index (χ4n) is 2.78. The van der Waals surface area contributed by atoms with Crippen molar-refractivity contribution in [1.29, 1.82) is 0 Å². The summed E-state index contributed by atoms with van der Waals surface area (Å²) >= 11 is 0. The monoisotopic (exact) mass is 487 g/mol. The van der Waals surface area contributed by atoms with E-state index in [2.05, 4.69) is 35.5 Å². The highest BCUT2D eigenvalue weighted by Crippen LogP contribution is 2.05. The number of carbonyl (C=O) groups is 4. The Balaban J connectivity index is 1.56. The van der Waals surface area contributed by atoms with Gasteiger partial charge in [0, 0.05) is 0 Å². The number of carbonyl (C=O) groups excluding carboxylic acids is 4. The molecular weight excluding hydrogens is 466 g/mol. The van der Waals surface area contributed by atoms with E-state index in [0.29, 0.717) is 22.3 Å². The van der Waals surface area contributed by atoms with Crippen LogP contribution in [0.15, 0.2) is 76.9 Å². The van der Waals surface area contributed by atoms with Gasteiger partial charge in [0.15, 0.2) is 0 Å². The fraction of sp³-hybridized carbons (Fsp3) is 0.0800. The van der Waals surface area contributed by atoms with Gasteiger partial charge in [0.1, 0.15) is 11.4 Å². The molecule has 11 nitrogen and oxygen atoms in total. The van der Waals surface area contributed by atoms with Gasteiger partial charge in [-0.1, -0.05) is 30.3 Å². The van der Waals surface area contributed by atoms with Crippen LogP contribution in [0, 0.1) is 0 Å². The summed E-state index contributed by atoms with van der Waals surface area (Å²) in [5, 5.41) is 7.72. The van der Waals surface area contributed by atoms with E-state index in [0.717, 1.165) is 0 Å². The van der Waals surface area contributed by atoms with E-state index in [1.165, 1.54) is 44.8 Å². The van der Waals surface area contributed by atoms with Crippen LogP contribution in [0.5, 0.6) is 0 Å². The molecule has 182 valence electrons. The number of hydrogen-bond acceptors (Lipinski definition) is 9. The number of hydrazone groups is 2. The maximum atomic E-state index is 12.3. The van der Waals surface area contributed by atoms with Gasteiger partial charge in [-0.3, -0.25) is 9.59 Å². The van der Waals surface area contributed by atoms with Gasteiger partial charge in [-0.15, -0.1) is 0 Å². The normalized spacial score (nSPS) is 10.7. The first-order chi connectivity index (χ1) is 17.4. The van der Waals surface area contributed by atoms with Crippen LogP contribution in [0.3, 0.4) is 0 Å². The summed E-state index contributed by atoms with van der Waals surface area (Å²) in [5.41, 5.74) is 6.66. The molecule has 0 spiro atoms. The average Bonchev–Trinajstić information content (AvgIpc) is 2.92. The van der Waals surface area contributed by atoms with Gasteiger partial charge in [0.05, 0.1) is 37.8 Å². The quantitative estimate of drug-likeness (QED) is 0.281. The Morgan fingerprint density at radius 3 is 1.42 bits per heavy atom. The topological polar surface area (TPSA) is 148 Å². The first-order valence-corrected chi connectivity index (χ1v) is 10.4. The van der Waals surface area contributed by atoms with Crippen LogP contribution in [0.4, 0.5) is 0 Å². The maximum absolute atomic E-state index is 12.3. The second kappa shape index (κ2) is 12.3. The molecule has 0 bridgehead atoms. The molecule has 0 saturated heterocycles. The van der Waals surface area contributed by atoms with Crippen molar-refractivity contribution in [3.63, 3.8) is 0 Å². The lowest BCUT2D eigenvalue weighted by Crippen LogP contribution is -2.23. The first-order valence-electron chi connectivity index (χ1n) is 10.4. The predicted octanol–water partition coefficient (Wildman–Crippen LogP) is 2.18. The molecule has 2 aromatic carbocycles. The summed E-state index contributed by atoms with van der Waals surface area (Å²) in [6.07, 6.45) is 2.78. The fourth-order valence-corrected chi connectivity index (χ4v) is 2.78. The molecule has 0 atom stereocenters. The smallest absolute Gasteiger partial charge is 0.337 e. The lowest BCUT2D eigenvalue weighted by molar-refractivity contribution is 0.0592. The number of ether oxygens (including phenoxy) is 2. The highest BCUT2D eigenvalue weighted by molar-refractivity contribution is 5.97. The minimum Gasteiger partial charge on any atom is -0.465 e. The van der Waals surface area contributed by atoms with Gasteiger partial charge < -0.3 is 9.47 Å². The maximum Gasteiger partial charge on any atom is 0.337 e. The molecule has 2 N–H and O–H groups in total. The third kappa shape index (κ3) is 6.90. The first kappa shape index (κ1) is 25.4. The van der Waals surface area contributed by atoms with E-state index in [9.17, 15) is 19.2 Å². The summed E-state index contributed by atoms with van der Waals surface area (Å²) in [7, 11) is 2.59. The molecule has 0 aliphatic heterocycles. The molecule has 0 unspecified atom stereocenters. The molecule has 1 heterocycles. The Kier molecular flexibility index (Phi) is 8.71. The number of benzene rings is 2. The number of nitrogens with one attached hydrogen (secondary N) is 2. The lowest BCUT2D eigenvalue weighted by Gasteiger charge is -2.03. The van der Waals surface area contributed by atoms with E-state index >= 15 is 0 Å². The van der Waals surface area contributed by atoms with Gasteiger partial charge in [0.25, 0.3) is 11.8 Å². The molecule has 0 fully saturated rings. The van der Waals surface area contributed by atoms with Crippen molar-refractivity contribution in [2.45, 2.75) is 0 Å². The van der Waals surface area contributed by atoms with Crippen LogP contribution in [0.25, 0.3) is 0 Å². The Bertz CT molecular complexity index is 1220. The van der Waals surface area contributed by atoms with Crippen molar-refractivity contribution in [3.8, 4) is 0 Å². The van der Waals surface area contributed by atoms with Gasteiger partial charge >= 0.3 is 11.9 Å². The summed E-state index contributed by atoms with van der Waals surface area (Å²) in [4.78, 5) is 51.6. The predicted molar refractivity (Wildman–Crippen MR) is 130 cm³/mol. The number of nitrogens with zero attached hydrogens (tertiary/aromatic N) is 3. The molecule has 0 radical (unpaired) electrons. The van der Waals surface area contributed by atoms with E-state index in [1.807, 2.05) is 0 Å². The number of amides is 2. The number of esters is 2. The molecule has 36 heavy (non-hydrogen) atoms. The summed E-state index contributed by atoms with van der Waals surface area (Å²) in [6.45, 7) is 0. The van der Waals surface area contributed by atoms with Crippen LogP contribution in [0.1, 0.15) is 52.8 Å². The standard InChI is InChI=1S/C25H21N5O6/c1-35-24(33)18-10-6-16(7-11-18)14-26-29-22(31)20-4-3-5-21(28-20)23(32)30-27-15-17-8-12-19(13-9-17)25(34)36-2/h3-15H,1-2H3,(H,29,31)(H,30,32)/b26-14-,27-15-. The molecule has 0 saturated carbocycles. The van der Waals surface area contributed by atoms with Gasteiger partial charge in [-0.05, 0) is 47.5 Å². The summed E-state index contributed by atoms with van der Waals surface area (Å²) in [5.74, 6) is -2.16. The third-order valence-corrected chi connectivity index (χ3v) is 4.64. The van der Waals surface area contributed by atoms with Crippen LogP contribution in [-0.4, -0.2) is 55.4 Å². The Labute approximate surface area is 205 Å². The van der Waals surface area contributed by atoms with Crippen LogP contribution >= 0.6 is 0 Å². The molecule has 11 heteroatoms. The highest BCUT2D eigenvalue weighted by Gasteiger charge is 2.12. The van der Waals surface area contributed by atoms with E-state index in [4.69, 9.17) is 0 Å². The van der Waals surface area contributed by atoms with Crippen LogP contribution in [0.2, 0.25) is 0 Å². The van der Waals surface area contributed by atoms with Crippen molar-refractivity contribution in [2.24, 2.45) is 10.2 Å². The van der Waals surface area contributed by atoms with Crippen molar-refractivity contribution < 1.29 is 28.7 Å². The highest BCUT2D eigenvalue weighted by atomic mass is 16.5. The molecule has 0 aliphatic rings. The zero-order valence-electron chi connectivity index (χ0n) is 19.3. The Morgan fingerprint density at radius 1 is 0.667 bits per heavy atom. The van der Waals surface area contributed by atoms with E-state index < -0.39 is 23.8 Å². The van der Waals surface area contributed by atoms with Crippen molar-refractivity contribution >= 4 is 36.2 Å². The zero-order valence-corrected chi connectivity index (χ0v) is 19.3. The molecule has 1 aromatic heterocycles. The lowest BCUT2D eigenvalue weighted by atomic mass is 10.1. The van der Waals surface area contributed by atoms with Gasteiger partial charge in [-0.2, -0.15) is 10.2 Å². The van der Waals surface area contributed by atoms with Crippen LogP contribution in [-0.2, 0) is 9.47 Å². The Morgan fingerprint density at radius 2 is 1.06 bits per heavy atom. The van der Waals surface area contributed by atoms with E-state index in [1.54, 1.807) is 48.5 Å². The van der Waals surface area contributed by atoms with Crippen molar-refractivity contribution in [3.05, 3.63) is 100 Å². The third-order valence-electron chi connectivity index (χ3n) is 4.64. The average molecular weight is 487 g/mol. The minimum absolute atomic E-state index is 0.0248. The number of aromatic nitrogens is 1. The SMILES string of the molecule is COC(=O)c1ccc(/C=N\NC(=O)c2cccc(C(=O)N/N=C\c3ccc(C(=O)OC)cc3)n2)cc1. The van der Waals surface area contributed by atoms with Crippen molar-refractivity contribution in [1.82, 2.24) is 15.8 Å².